The molecule has 1 aromatic rings. The van der Waals surface area contributed by atoms with Crippen molar-refractivity contribution in [1.29, 1.82) is 0 Å². The van der Waals surface area contributed by atoms with Gasteiger partial charge in [-0.1, -0.05) is 20.3 Å². The van der Waals surface area contributed by atoms with Gasteiger partial charge in [0.1, 0.15) is 6.04 Å². The van der Waals surface area contributed by atoms with Crippen LogP contribution in [0, 0.1) is 0 Å². The van der Waals surface area contributed by atoms with E-state index in [1.807, 2.05) is 6.92 Å². The van der Waals surface area contributed by atoms with E-state index in [0.29, 0.717) is 0 Å². The Balaban J connectivity index is 2.28. The Morgan fingerprint density at radius 1 is 1.40 bits per heavy atom. The topological polar surface area (TPSA) is 44.4 Å². The minimum absolute atomic E-state index is 0.0297. The molecule has 0 aromatic heterocycles. The molecule has 0 radical (unpaired) electrons. The van der Waals surface area contributed by atoms with Gasteiger partial charge in [0.05, 0.1) is 5.69 Å². The molecule has 1 aliphatic heterocycles. The van der Waals surface area contributed by atoms with Crippen LogP contribution >= 0.6 is 15.9 Å². The van der Waals surface area contributed by atoms with Crippen LogP contribution < -0.4 is 15.5 Å². The molecule has 0 saturated carbocycles. The van der Waals surface area contributed by atoms with Gasteiger partial charge in [-0.15, -0.1) is 0 Å². The quantitative estimate of drug-likeness (QED) is 0.835. The number of hydrogen-bond donors (Lipinski definition) is 2. The van der Waals surface area contributed by atoms with Crippen molar-refractivity contribution < 1.29 is 4.79 Å². The third-order valence-corrected chi connectivity index (χ3v) is 4.25. The minimum atomic E-state index is -0.235. The Hall–Kier alpha value is -1.07. The second-order valence-corrected chi connectivity index (χ2v) is 6.00. The van der Waals surface area contributed by atoms with Crippen molar-refractivity contribution >= 4 is 33.2 Å². The van der Waals surface area contributed by atoms with E-state index in [0.717, 1.165) is 40.9 Å². The number of unbranched alkanes of at least 4 members (excludes halogenated alkanes) is 1. The zero-order valence-corrected chi connectivity index (χ0v) is 13.9. The molecule has 2 N–H and O–H groups in total. The molecule has 0 saturated heterocycles. The van der Waals surface area contributed by atoms with Crippen LogP contribution in [-0.4, -0.2) is 26.0 Å². The highest BCUT2D eigenvalue weighted by molar-refractivity contribution is 9.10. The van der Waals surface area contributed by atoms with Gasteiger partial charge in [-0.2, -0.15) is 0 Å². The fourth-order valence-corrected chi connectivity index (χ4v) is 3.15. The molecule has 5 heteroatoms. The summed E-state index contributed by atoms with van der Waals surface area (Å²) in [6, 6.07) is 3.88. The summed E-state index contributed by atoms with van der Waals surface area (Å²) in [5.74, 6) is 0.0297. The molecule has 2 rings (SSSR count). The van der Waals surface area contributed by atoms with Crippen molar-refractivity contribution in [1.82, 2.24) is 5.32 Å². The number of carbonyl (C=O) groups is 1. The van der Waals surface area contributed by atoms with E-state index in [-0.39, 0.29) is 11.9 Å². The summed E-state index contributed by atoms with van der Waals surface area (Å²) < 4.78 is 1.04. The minimum Gasteiger partial charge on any atom is -0.374 e. The second kappa shape index (κ2) is 6.59. The maximum absolute atomic E-state index is 12.0. The average Bonchev–Trinajstić information content (AvgIpc) is 2.72. The highest BCUT2D eigenvalue weighted by Crippen LogP contribution is 2.38. The maximum atomic E-state index is 12.0. The van der Waals surface area contributed by atoms with Crippen LogP contribution in [0.2, 0.25) is 0 Å². The molecular formula is C15H22BrN3O. The normalized spacial score (nSPS) is 17.0. The molecule has 1 aromatic carbocycles. The third-order valence-electron chi connectivity index (χ3n) is 3.62. The van der Waals surface area contributed by atoms with Crippen LogP contribution in [-0.2, 0) is 4.79 Å². The predicted octanol–water partition coefficient (Wildman–Crippen LogP) is 3.29. The molecule has 1 amide bonds. The highest BCUT2D eigenvalue weighted by Gasteiger charge is 2.30. The summed E-state index contributed by atoms with van der Waals surface area (Å²) in [6.45, 7) is 5.98. The molecule has 1 aliphatic rings. The van der Waals surface area contributed by atoms with Gasteiger partial charge in [-0.05, 0) is 41.0 Å². The maximum Gasteiger partial charge on any atom is 0.246 e. The molecule has 1 heterocycles. The molecule has 110 valence electrons. The number of likely N-dealkylation sites (N-methyl/N-ethyl adjacent to an activating group) is 1. The smallest absolute Gasteiger partial charge is 0.246 e. The molecule has 0 spiro atoms. The third kappa shape index (κ3) is 2.99. The summed E-state index contributed by atoms with van der Waals surface area (Å²) in [5, 5.41) is 6.18. The first-order valence-corrected chi connectivity index (χ1v) is 7.96. The monoisotopic (exact) mass is 339 g/mol. The molecule has 4 nitrogen and oxygen atoms in total. The number of rotatable bonds is 6. The number of hydrogen-bond acceptors (Lipinski definition) is 3. The summed E-state index contributed by atoms with van der Waals surface area (Å²) in [5.41, 5.74) is 3.06. The van der Waals surface area contributed by atoms with Crippen molar-refractivity contribution in [2.75, 3.05) is 30.4 Å². The lowest BCUT2D eigenvalue weighted by Crippen LogP contribution is -2.27. The highest BCUT2D eigenvalue weighted by atomic mass is 79.9. The van der Waals surface area contributed by atoms with E-state index in [1.54, 1.807) is 0 Å². The lowest BCUT2D eigenvalue weighted by molar-refractivity contribution is -0.117. The molecule has 1 atom stereocenters. The van der Waals surface area contributed by atoms with Crippen LogP contribution in [0.4, 0.5) is 11.4 Å². The predicted molar refractivity (Wildman–Crippen MR) is 87.4 cm³/mol. The summed E-state index contributed by atoms with van der Waals surface area (Å²) >= 11 is 3.63. The molecule has 0 bridgehead atoms. The zero-order valence-electron chi connectivity index (χ0n) is 12.3. The number of nitrogens with one attached hydrogen (secondary N) is 2. The Morgan fingerprint density at radius 3 is 2.80 bits per heavy atom. The van der Waals surface area contributed by atoms with Gasteiger partial charge in [0.15, 0.2) is 0 Å². The van der Waals surface area contributed by atoms with Gasteiger partial charge in [-0.25, -0.2) is 0 Å². The van der Waals surface area contributed by atoms with Gasteiger partial charge in [0, 0.05) is 29.3 Å². The van der Waals surface area contributed by atoms with Gasteiger partial charge < -0.3 is 15.5 Å². The van der Waals surface area contributed by atoms with Crippen molar-refractivity contribution in [3.8, 4) is 0 Å². The Bertz CT molecular complexity index is 504. The fraction of sp³-hybridized carbons (Fsp3) is 0.533. The molecule has 20 heavy (non-hydrogen) atoms. The molecule has 1 unspecified atom stereocenters. The standard InChI is InChI=1S/C15H22BrN3O/c1-4-6-7-19(3)13-9-12-10(8-11(13)16)14(17-5-2)15(20)18-12/h8-9,14,17H,4-7H2,1-3H3,(H,18,20). The van der Waals surface area contributed by atoms with Gasteiger partial charge >= 0.3 is 0 Å². The van der Waals surface area contributed by atoms with Crippen LogP contribution in [0.1, 0.15) is 38.3 Å². The zero-order chi connectivity index (χ0) is 14.7. The van der Waals surface area contributed by atoms with Crippen LogP contribution in [0.3, 0.4) is 0 Å². The SMILES string of the molecule is CCCCN(C)c1cc2c(cc1Br)C(NCC)C(=O)N2. The number of halogens is 1. The summed E-state index contributed by atoms with van der Waals surface area (Å²) in [4.78, 5) is 14.2. The molecule has 0 aliphatic carbocycles. The van der Waals surface area contributed by atoms with Gasteiger partial charge in [-0.3, -0.25) is 4.79 Å². The average molecular weight is 340 g/mol. The first-order valence-electron chi connectivity index (χ1n) is 7.17. The van der Waals surface area contributed by atoms with Crippen LogP contribution in [0.5, 0.6) is 0 Å². The van der Waals surface area contributed by atoms with Crippen LogP contribution in [0.15, 0.2) is 16.6 Å². The van der Waals surface area contributed by atoms with Crippen molar-refractivity contribution in [3.05, 3.63) is 22.2 Å². The summed E-state index contributed by atoms with van der Waals surface area (Å²) in [7, 11) is 2.08. The van der Waals surface area contributed by atoms with E-state index in [4.69, 9.17) is 0 Å². The van der Waals surface area contributed by atoms with Crippen molar-refractivity contribution in [2.45, 2.75) is 32.7 Å². The lowest BCUT2D eigenvalue weighted by Gasteiger charge is -2.21. The van der Waals surface area contributed by atoms with Crippen LogP contribution in [0.25, 0.3) is 0 Å². The lowest BCUT2D eigenvalue weighted by atomic mass is 10.1. The van der Waals surface area contributed by atoms with Gasteiger partial charge in [0.25, 0.3) is 0 Å². The number of amides is 1. The van der Waals surface area contributed by atoms with E-state index in [1.165, 1.54) is 6.42 Å². The molecule has 0 fully saturated rings. The Morgan fingerprint density at radius 2 is 2.15 bits per heavy atom. The Labute approximate surface area is 129 Å². The summed E-state index contributed by atoms with van der Waals surface area (Å²) in [6.07, 6.45) is 2.33. The first-order chi connectivity index (χ1) is 9.58. The van der Waals surface area contributed by atoms with E-state index < -0.39 is 0 Å². The Kier molecular flexibility index (Phi) is 5.05. The molecular weight excluding hydrogens is 318 g/mol. The second-order valence-electron chi connectivity index (χ2n) is 5.15. The number of fused-ring (bicyclic) bond motifs is 1. The number of anilines is 2. The first kappa shape index (κ1) is 15.3. The van der Waals surface area contributed by atoms with E-state index in [2.05, 4.69) is 57.6 Å². The van der Waals surface area contributed by atoms with Gasteiger partial charge in [0.2, 0.25) is 5.91 Å². The number of benzene rings is 1. The van der Waals surface area contributed by atoms with E-state index in [9.17, 15) is 4.79 Å². The van der Waals surface area contributed by atoms with Crippen molar-refractivity contribution in [3.63, 3.8) is 0 Å². The number of nitrogens with zero attached hydrogens (tertiary/aromatic N) is 1. The number of carbonyl (C=O) groups excluding carboxylic acids is 1. The largest absolute Gasteiger partial charge is 0.374 e. The van der Waals surface area contributed by atoms with Crippen molar-refractivity contribution in [2.24, 2.45) is 0 Å². The van der Waals surface area contributed by atoms with E-state index >= 15 is 0 Å². The fourth-order valence-electron chi connectivity index (χ4n) is 2.49.